The fourth-order valence-corrected chi connectivity index (χ4v) is 6.78. The number of hydrogen-bond donors (Lipinski definition) is 1. The van der Waals surface area contributed by atoms with Crippen LogP contribution >= 0.6 is 7.82 Å². The molecule has 0 amide bonds. The highest BCUT2D eigenvalue weighted by atomic mass is 31.2. The summed E-state index contributed by atoms with van der Waals surface area (Å²) in [6.07, 6.45) is 43.2. The zero-order chi connectivity index (χ0) is 41.4. The van der Waals surface area contributed by atoms with Crippen LogP contribution in [0.5, 0.6) is 0 Å². The zero-order valence-electron chi connectivity index (χ0n) is 36.9. The van der Waals surface area contributed by atoms with Crippen molar-refractivity contribution in [1.29, 1.82) is 0 Å². The summed E-state index contributed by atoms with van der Waals surface area (Å²) in [7, 11) is 1.47. The molecule has 0 rings (SSSR count). The Balaban J connectivity index is 4.36. The lowest BCUT2D eigenvalue weighted by molar-refractivity contribution is -0.870. The van der Waals surface area contributed by atoms with Crippen LogP contribution in [0.15, 0.2) is 36.5 Å². The Hall–Kier alpha value is -1.77. The van der Waals surface area contributed by atoms with Crippen LogP contribution in [0.2, 0.25) is 0 Å². The molecular formula is C46H87NO8P+. The molecule has 0 spiro atoms. The molecule has 0 bridgehead atoms. The fourth-order valence-electron chi connectivity index (χ4n) is 6.04. The van der Waals surface area contributed by atoms with Gasteiger partial charge >= 0.3 is 19.8 Å². The maximum absolute atomic E-state index is 12.7. The number of hydrogen-bond acceptors (Lipinski definition) is 7. The molecule has 10 heteroatoms. The third-order valence-electron chi connectivity index (χ3n) is 9.64. The van der Waals surface area contributed by atoms with E-state index in [0.29, 0.717) is 17.4 Å². The minimum absolute atomic E-state index is 0.0287. The quantitative estimate of drug-likeness (QED) is 0.0214. The Kier molecular flexibility index (Phi) is 37.5. The van der Waals surface area contributed by atoms with Crippen molar-refractivity contribution in [3.8, 4) is 0 Å². The van der Waals surface area contributed by atoms with Crippen LogP contribution in [0, 0.1) is 0 Å². The van der Waals surface area contributed by atoms with Crippen LogP contribution in [0.3, 0.4) is 0 Å². The fraction of sp³-hybridized carbons (Fsp3) is 0.826. The number of ether oxygens (including phenoxy) is 2. The van der Waals surface area contributed by atoms with Gasteiger partial charge < -0.3 is 18.9 Å². The van der Waals surface area contributed by atoms with Crippen molar-refractivity contribution >= 4 is 19.8 Å². The Morgan fingerprint density at radius 2 is 0.964 bits per heavy atom. The first kappa shape index (κ1) is 54.2. The molecule has 0 radical (unpaired) electrons. The highest BCUT2D eigenvalue weighted by Crippen LogP contribution is 2.43. The van der Waals surface area contributed by atoms with Gasteiger partial charge in [-0.05, 0) is 70.6 Å². The van der Waals surface area contributed by atoms with Crippen molar-refractivity contribution in [2.24, 2.45) is 0 Å². The minimum Gasteiger partial charge on any atom is -0.462 e. The van der Waals surface area contributed by atoms with Crippen molar-refractivity contribution in [2.75, 3.05) is 47.5 Å². The predicted molar refractivity (Wildman–Crippen MR) is 234 cm³/mol. The molecule has 1 unspecified atom stereocenters. The molecule has 0 saturated heterocycles. The summed E-state index contributed by atoms with van der Waals surface area (Å²) in [5.74, 6) is -0.815. The number of allylic oxidation sites excluding steroid dienone is 6. The summed E-state index contributed by atoms with van der Waals surface area (Å²) in [5, 5.41) is 0. The van der Waals surface area contributed by atoms with Crippen LogP contribution in [0.1, 0.15) is 194 Å². The number of phosphoric ester groups is 1. The average molecular weight is 813 g/mol. The van der Waals surface area contributed by atoms with Gasteiger partial charge in [0.25, 0.3) is 0 Å². The molecule has 0 saturated carbocycles. The van der Waals surface area contributed by atoms with Gasteiger partial charge in [0.15, 0.2) is 6.10 Å². The third kappa shape index (κ3) is 41.9. The number of rotatable bonds is 41. The second-order valence-electron chi connectivity index (χ2n) is 16.4. The van der Waals surface area contributed by atoms with Crippen LogP contribution in [0.25, 0.3) is 0 Å². The Labute approximate surface area is 344 Å². The summed E-state index contributed by atoms with van der Waals surface area (Å²) >= 11 is 0. The van der Waals surface area contributed by atoms with E-state index < -0.39 is 26.5 Å². The summed E-state index contributed by atoms with van der Waals surface area (Å²) < 4.78 is 34.3. The predicted octanol–water partition coefficient (Wildman–Crippen LogP) is 12.9. The van der Waals surface area contributed by atoms with Crippen LogP contribution in [-0.4, -0.2) is 74.9 Å². The first-order chi connectivity index (χ1) is 27.0. The highest BCUT2D eigenvalue weighted by Gasteiger charge is 2.27. The Morgan fingerprint density at radius 3 is 1.46 bits per heavy atom. The zero-order valence-corrected chi connectivity index (χ0v) is 37.8. The third-order valence-corrected chi connectivity index (χ3v) is 10.6. The monoisotopic (exact) mass is 813 g/mol. The topological polar surface area (TPSA) is 108 Å². The number of unbranched alkanes of at least 4 members (excludes halogenated alkanes) is 21. The summed E-state index contributed by atoms with van der Waals surface area (Å²) in [4.78, 5) is 35.4. The number of carbonyl (C=O) groups is 2. The maximum Gasteiger partial charge on any atom is 0.472 e. The molecule has 0 fully saturated rings. The molecule has 0 aromatic rings. The number of carbonyl (C=O) groups excluding carboxylic acids is 2. The number of likely N-dealkylation sites (N-methyl/N-ethyl adjacent to an activating group) is 1. The Bertz CT molecular complexity index is 1050. The molecule has 0 aliphatic heterocycles. The molecule has 0 aromatic heterocycles. The highest BCUT2D eigenvalue weighted by molar-refractivity contribution is 7.47. The summed E-state index contributed by atoms with van der Waals surface area (Å²) in [5.41, 5.74) is 0. The largest absolute Gasteiger partial charge is 0.472 e. The number of nitrogens with zero attached hydrogens (tertiary/aromatic N) is 1. The van der Waals surface area contributed by atoms with E-state index in [-0.39, 0.29) is 32.0 Å². The van der Waals surface area contributed by atoms with E-state index in [4.69, 9.17) is 18.5 Å². The number of quaternary nitrogens is 1. The molecule has 1 N–H and O–H groups in total. The number of phosphoric acid groups is 1. The van der Waals surface area contributed by atoms with Gasteiger partial charge in [0.1, 0.15) is 19.8 Å². The lowest BCUT2D eigenvalue weighted by Crippen LogP contribution is -2.37. The van der Waals surface area contributed by atoms with E-state index >= 15 is 0 Å². The number of esters is 2. The van der Waals surface area contributed by atoms with Gasteiger partial charge in [-0.2, -0.15) is 0 Å². The normalized spacial score (nSPS) is 13.9. The van der Waals surface area contributed by atoms with Crippen LogP contribution in [-0.2, 0) is 32.7 Å². The molecule has 0 aliphatic carbocycles. The van der Waals surface area contributed by atoms with Crippen molar-refractivity contribution in [2.45, 2.75) is 200 Å². The molecule has 0 aromatic carbocycles. The molecule has 2 atom stereocenters. The second kappa shape index (κ2) is 38.7. The lowest BCUT2D eigenvalue weighted by atomic mass is 10.1. The van der Waals surface area contributed by atoms with Gasteiger partial charge in [-0.3, -0.25) is 18.6 Å². The van der Waals surface area contributed by atoms with Gasteiger partial charge in [0, 0.05) is 12.8 Å². The van der Waals surface area contributed by atoms with E-state index in [0.717, 1.165) is 70.6 Å². The van der Waals surface area contributed by atoms with Crippen LogP contribution < -0.4 is 0 Å². The lowest BCUT2D eigenvalue weighted by Gasteiger charge is -2.24. The molecule has 9 nitrogen and oxygen atoms in total. The molecule has 56 heavy (non-hydrogen) atoms. The van der Waals surface area contributed by atoms with Crippen molar-refractivity contribution in [1.82, 2.24) is 0 Å². The van der Waals surface area contributed by atoms with Gasteiger partial charge in [0.2, 0.25) is 0 Å². The molecule has 0 heterocycles. The first-order valence-corrected chi connectivity index (χ1v) is 24.2. The van der Waals surface area contributed by atoms with E-state index in [1.165, 1.54) is 89.9 Å². The SMILES string of the molecule is CCCCC/C=C/C/C=C/CCCCCCCCCC(=O)OC[C@H](COP(=O)(O)OCC[N+](C)(C)C)OC(=O)CCCCCCC/C=C/CCCCCCCC. The maximum atomic E-state index is 12.7. The Morgan fingerprint density at radius 1 is 0.554 bits per heavy atom. The van der Waals surface area contributed by atoms with Gasteiger partial charge in [0.05, 0.1) is 27.7 Å². The van der Waals surface area contributed by atoms with Gasteiger partial charge in [-0.1, -0.05) is 147 Å². The van der Waals surface area contributed by atoms with E-state index in [9.17, 15) is 19.0 Å². The van der Waals surface area contributed by atoms with Crippen molar-refractivity contribution < 1.29 is 42.1 Å². The van der Waals surface area contributed by atoms with Crippen molar-refractivity contribution in [3.63, 3.8) is 0 Å². The summed E-state index contributed by atoms with van der Waals surface area (Å²) in [6.45, 7) is 4.38. The van der Waals surface area contributed by atoms with E-state index in [1.807, 2.05) is 21.1 Å². The summed E-state index contributed by atoms with van der Waals surface area (Å²) in [6, 6.07) is 0. The van der Waals surface area contributed by atoms with Gasteiger partial charge in [-0.25, -0.2) is 4.57 Å². The first-order valence-electron chi connectivity index (χ1n) is 22.7. The standard InChI is InChI=1S/C46H86NO8P/c1-6-8-10-12-14-16-18-20-22-23-25-26-28-30-32-34-36-38-45(48)52-42-44(43-54-56(50,51)53-41-40-47(3,4)5)55-46(49)39-37-35-33-31-29-27-24-21-19-17-15-13-11-9-7-2/h14,16,20-22,24,44H,6-13,15,17-19,23,25-43H2,1-5H3/p+1/b16-14+,22-20+,24-21+/t44-/m1/s1. The molecular weight excluding hydrogens is 725 g/mol. The average Bonchev–Trinajstić information content (AvgIpc) is 3.15. The van der Waals surface area contributed by atoms with Crippen molar-refractivity contribution in [3.05, 3.63) is 36.5 Å². The van der Waals surface area contributed by atoms with Crippen LogP contribution in [0.4, 0.5) is 0 Å². The molecule has 328 valence electrons. The second-order valence-corrected chi connectivity index (χ2v) is 17.9. The van der Waals surface area contributed by atoms with E-state index in [1.54, 1.807) is 0 Å². The minimum atomic E-state index is -4.38. The molecule has 0 aliphatic rings. The smallest absolute Gasteiger partial charge is 0.462 e. The van der Waals surface area contributed by atoms with E-state index in [2.05, 4.69) is 50.3 Å². The van der Waals surface area contributed by atoms with Gasteiger partial charge in [-0.15, -0.1) is 0 Å².